The normalized spacial score (nSPS) is 12.8. The van der Waals surface area contributed by atoms with Gasteiger partial charge in [0, 0.05) is 39.5 Å². The van der Waals surface area contributed by atoms with E-state index in [1.807, 2.05) is 26.0 Å². The van der Waals surface area contributed by atoms with Gasteiger partial charge in [-0.1, -0.05) is 59.8 Å². The van der Waals surface area contributed by atoms with Gasteiger partial charge in [0.15, 0.2) is 0 Å². The molecule has 7 heteroatoms. The van der Waals surface area contributed by atoms with E-state index >= 15 is 0 Å². The lowest BCUT2D eigenvalue weighted by Crippen LogP contribution is -2.21. The van der Waals surface area contributed by atoms with Crippen LogP contribution in [0.4, 0.5) is 0 Å². The second kappa shape index (κ2) is 14.8. The molecule has 0 aliphatic heterocycles. The predicted molar refractivity (Wildman–Crippen MR) is 158 cm³/mol. The Balaban J connectivity index is 1.86. The van der Waals surface area contributed by atoms with Gasteiger partial charge < -0.3 is 14.0 Å². The van der Waals surface area contributed by atoms with Gasteiger partial charge in [0.1, 0.15) is 0 Å². The first-order chi connectivity index (χ1) is 19.3. The summed E-state index contributed by atoms with van der Waals surface area (Å²) < 4.78 is 12.8. The maximum Gasteiger partial charge on any atom is 0.379 e. The second-order valence-electron chi connectivity index (χ2n) is 10.5. The van der Waals surface area contributed by atoms with Gasteiger partial charge in [-0.15, -0.1) is 0 Å². The molecule has 40 heavy (non-hydrogen) atoms. The maximum atomic E-state index is 13.0. The summed E-state index contributed by atoms with van der Waals surface area (Å²) in [5.41, 5.74) is 2.19. The van der Waals surface area contributed by atoms with Crippen molar-refractivity contribution in [3.63, 3.8) is 0 Å². The van der Waals surface area contributed by atoms with Crippen LogP contribution in [0, 0.1) is 11.8 Å². The van der Waals surface area contributed by atoms with Crippen LogP contribution in [0.1, 0.15) is 100 Å². The van der Waals surface area contributed by atoms with Crippen molar-refractivity contribution >= 4 is 45.3 Å². The standard InChI is InChI=1S/C33H43NO6/c1-6-11-13-23(9-4)21-40-33(38)31(36)25-15-17-29-27(19-25)26-18-24(14-16-28(26)34(29)10-5)30(35)32(37)39-20-22(8-3)12-7-2/h14-19,22-23H,6-13,20-21H2,1-5H3. The Morgan fingerprint density at radius 1 is 0.675 bits per heavy atom. The molecule has 0 bridgehead atoms. The number of benzene rings is 2. The first kappa shape index (κ1) is 31.1. The molecule has 0 amide bonds. The topological polar surface area (TPSA) is 91.7 Å². The minimum absolute atomic E-state index is 0.227. The number of carbonyl (C=O) groups excluding carboxylic acids is 4. The molecule has 0 spiro atoms. The van der Waals surface area contributed by atoms with Gasteiger partial charge in [-0.2, -0.15) is 0 Å². The zero-order chi connectivity index (χ0) is 29.2. The first-order valence-corrected chi connectivity index (χ1v) is 14.8. The number of ether oxygens (including phenoxy) is 2. The van der Waals surface area contributed by atoms with Crippen LogP contribution in [-0.2, 0) is 25.6 Å². The van der Waals surface area contributed by atoms with Crippen LogP contribution < -0.4 is 0 Å². The molecule has 216 valence electrons. The maximum absolute atomic E-state index is 13.0. The second-order valence-corrected chi connectivity index (χ2v) is 10.5. The van der Waals surface area contributed by atoms with Crippen molar-refractivity contribution in [3.05, 3.63) is 47.5 Å². The summed E-state index contributed by atoms with van der Waals surface area (Å²) in [6.45, 7) is 11.4. The Morgan fingerprint density at radius 2 is 1.15 bits per heavy atom. The van der Waals surface area contributed by atoms with E-state index in [2.05, 4.69) is 25.3 Å². The first-order valence-electron chi connectivity index (χ1n) is 14.8. The molecule has 3 rings (SSSR count). The number of carbonyl (C=O) groups is 4. The molecule has 1 heterocycles. The van der Waals surface area contributed by atoms with Gasteiger partial charge in [0.05, 0.1) is 13.2 Å². The van der Waals surface area contributed by atoms with E-state index < -0.39 is 23.5 Å². The third-order valence-electron chi connectivity index (χ3n) is 7.79. The minimum Gasteiger partial charge on any atom is -0.459 e. The van der Waals surface area contributed by atoms with Crippen LogP contribution in [0.15, 0.2) is 36.4 Å². The molecule has 1 aromatic heterocycles. The zero-order valence-electron chi connectivity index (χ0n) is 24.6. The summed E-state index contributed by atoms with van der Waals surface area (Å²) in [5, 5.41) is 1.45. The number of aryl methyl sites for hydroxylation is 1. The van der Waals surface area contributed by atoms with Gasteiger partial charge in [-0.05, 0) is 68.0 Å². The molecule has 2 atom stereocenters. The summed E-state index contributed by atoms with van der Waals surface area (Å²) in [7, 11) is 0. The van der Waals surface area contributed by atoms with Gasteiger partial charge in [-0.3, -0.25) is 9.59 Å². The highest BCUT2D eigenvalue weighted by molar-refractivity contribution is 6.42. The van der Waals surface area contributed by atoms with Crippen LogP contribution in [0.25, 0.3) is 21.8 Å². The summed E-state index contributed by atoms with van der Waals surface area (Å²) in [4.78, 5) is 51.1. The van der Waals surface area contributed by atoms with E-state index in [1.54, 1.807) is 24.3 Å². The van der Waals surface area contributed by atoms with E-state index in [1.165, 1.54) is 0 Å². The van der Waals surface area contributed by atoms with Crippen molar-refractivity contribution in [2.45, 2.75) is 86.1 Å². The van der Waals surface area contributed by atoms with Crippen LogP contribution in [0.5, 0.6) is 0 Å². The average Bonchev–Trinajstić information content (AvgIpc) is 3.30. The molecule has 0 aliphatic rings. The minimum atomic E-state index is -0.865. The molecular weight excluding hydrogens is 506 g/mol. The van der Waals surface area contributed by atoms with Crippen LogP contribution in [-0.4, -0.2) is 41.3 Å². The van der Waals surface area contributed by atoms with E-state index in [9.17, 15) is 19.2 Å². The van der Waals surface area contributed by atoms with Crippen molar-refractivity contribution in [3.8, 4) is 0 Å². The van der Waals surface area contributed by atoms with E-state index in [-0.39, 0.29) is 36.2 Å². The third-order valence-corrected chi connectivity index (χ3v) is 7.79. The van der Waals surface area contributed by atoms with Gasteiger partial charge >= 0.3 is 11.9 Å². The number of aromatic nitrogens is 1. The van der Waals surface area contributed by atoms with E-state index in [4.69, 9.17) is 9.47 Å². The Hall–Kier alpha value is -3.48. The number of hydrogen-bond acceptors (Lipinski definition) is 6. The van der Waals surface area contributed by atoms with E-state index in [0.717, 1.165) is 66.8 Å². The highest BCUT2D eigenvalue weighted by Gasteiger charge is 2.23. The molecule has 2 unspecified atom stereocenters. The molecule has 3 aromatic rings. The van der Waals surface area contributed by atoms with Gasteiger partial charge in [0.25, 0.3) is 11.6 Å². The van der Waals surface area contributed by atoms with Crippen molar-refractivity contribution in [1.29, 1.82) is 0 Å². The number of ketones is 2. The molecule has 0 radical (unpaired) electrons. The molecule has 0 saturated carbocycles. The Morgan fingerprint density at radius 3 is 1.55 bits per heavy atom. The SMILES string of the molecule is CCCCC(CC)COC(=O)C(=O)c1ccc2c(c1)c1cc(C(=O)C(=O)OCC(CC)CCC)ccc1n2CC. The highest BCUT2D eigenvalue weighted by Crippen LogP contribution is 2.31. The molecular formula is C33H43NO6. The predicted octanol–water partition coefficient (Wildman–Crippen LogP) is 7.31. The van der Waals surface area contributed by atoms with Gasteiger partial charge in [0.2, 0.25) is 0 Å². The lowest BCUT2D eigenvalue weighted by Gasteiger charge is -2.14. The Labute approximate surface area is 237 Å². The fraction of sp³-hybridized carbons (Fsp3) is 0.515. The summed E-state index contributed by atoms with van der Waals surface area (Å²) in [6.07, 6.45) is 6.78. The number of fused-ring (bicyclic) bond motifs is 3. The number of Topliss-reactive ketones (excluding diaryl/α,β-unsaturated/α-hetero) is 2. The average molecular weight is 550 g/mol. The Bertz CT molecular complexity index is 1350. The third kappa shape index (κ3) is 7.18. The molecule has 7 nitrogen and oxygen atoms in total. The fourth-order valence-electron chi connectivity index (χ4n) is 5.19. The lowest BCUT2D eigenvalue weighted by atomic mass is 10.0. The Kier molecular flexibility index (Phi) is 11.5. The van der Waals surface area contributed by atoms with Crippen molar-refractivity contribution < 1.29 is 28.7 Å². The zero-order valence-corrected chi connectivity index (χ0v) is 24.6. The number of hydrogen-bond donors (Lipinski definition) is 0. The number of nitrogens with zero attached hydrogens (tertiary/aromatic N) is 1. The smallest absolute Gasteiger partial charge is 0.379 e. The van der Waals surface area contributed by atoms with E-state index in [0.29, 0.717) is 6.54 Å². The molecule has 0 N–H and O–H groups in total. The summed E-state index contributed by atoms with van der Waals surface area (Å²) in [6, 6.07) is 10.2. The molecule has 0 aliphatic carbocycles. The number of esters is 2. The van der Waals surface area contributed by atoms with Crippen LogP contribution in [0.3, 0.4) is 0 Å². The molecule has 0 fully saturated rings. The molecule has 0 saturated heterocycles. The van der Waals surface area contributed by atoms with Crippen molar-refractivity contribution in [2.75, 3.05) is 13.2 Å². The summed E-state index contributed by atoms with van der Waals surface area (Å²) in [5.74, 6) is -2.65. The monoisotopic (exact) mass is 549 g/mol. The van der Waals surface area contributed by atoms with Gasteiger partial charge in [-0.25, -0.2) is 9.59 Å². The van der Waals surface area contributed by atoms with Crippen LogP contribution >= 0.6 is 0 Å². The van der Waals surface area contributed by atoms with Crippen molar-refractivity contribution in [1.82, 2.24) is 4.57 Å². The number of rotatable bonds is 16. The molecule has 2 aromatic carbocycles. The summed E-state index contributed by atoms with van der Waals surface area (Å²) >= 11 is 0. The fourth-order valence-corrected chi connectivity index (χ4v) is 5.19. The lowest BCUT2D eigenvalue weighted by molar-refractivity contribution is -0.140. The van der Waals surface area contributed by atoms with Crippen molar-refractivity contribution in [2.24, 2.45) is 11.8 Å². The number of unbranched alkanes of at least 4 members (excludes halogenated alkanes) is 1. The van der Waals surface area contributed by atoms with Crippen LogP contribution in [0.2, 0.25) is 0 Å². The highest BCUT2D eigenvalue weighted by atomic mass is 16.5. The quantitative estimate of drug-likeness (QED) is 0.106. The largest absolute Gasteiger partial charge is 0.459 e.